The lowest BCUT2D eigenvalue weighted by Crippen LogP contribution is -2.24. The van der Waals surface area contributed by atoms with Gasteiger partial charge in [-0.1, -0.05) is 0 Å². The Bertz CT molecular complexity index is 732. The molecule has 2 heterocycles. The van der Waals surface area contributed by atoms with Crippen LogP contribution in [0.2, 0.25) is 0 Å². The standard InChI is InChI=1S/C16H20N4O4/c1-22-12-6-9(7-13(23-2)14(12)24-3)16(21)18-15-10-8-17-5-4-11(10)19-20-15/h6-7,17H,4-5,8H2,1-3H3,(H2,18,19,20,21). The monoisotopic (exact) mass is 332 g/mol. The molecule has 0 unspecified atom stereocenters. The molecular weight excluding hydrogens is 312 g/mol. The summed E-state index contributed by atoms with van der Waals surface area (Å²) in [5.41, 5.74) is 2.43. The van der Waals surface area contributed by atoms with E-state index in [-0.39, 0.29) is 5.91 Å². The molecule has 8 nitrogen and oxygen atoms in total. The Kier molecular flexibility index (Phi) is 4.57. The molecule has 1 aromatic heterocycles. The highest BCUT2D eigenvalue weighted by Gasteiger charge is 2.21. The summed E-state index contributed by atoms with van der Waals surface area (Å²) in [7, 11) is 4.53. The smallest absolute Gasteiger partial charge is 0.257 e. The second-order valence-electron chi connectivity index (χ2n) is 5.32. The van der Waals surface area contributed by atoms with Crippen molar-refractivity contribution < 1.29 is 19.0 Å². The largest absolute Gasteiger partial charge is 0.493 e. The predicted octanol–water partition coefficient (Wildman–Crippen LogP) is 1.33. The zero-order valence-electron chi connectivity index (χ0n) is 13.9. The van der Waals surface area contributed by atoms with Crippen molar-refractivity contribution in [2.45, 2.75) is 13.0 Å². The Labute approximate surface area is 139 Å². The van der Waals surface area contributed by atoms with Gasteiger partial charge >= 0.3 is 0 Å². The van der Waals surface area contributed by atoms with Gasteiger partial charge in [-0.15, -0.1) is 0 Å². The fraction of sp³-hybridized carbons (Fsp3) is 0.375. The number of hydrogen-bond acceptors (Lipinski definition) is 6. The molecule has 3 rings (SSSR count). The highest BCUT2D eigenvalue weighted by atomic mass is 16.5. The number of rotatable bonds is 5. The molecule has 0 atom stereocenters. The number of amides is 1. The molecule has 24 heavy (non-hydrogen) atoms. The van der Waals surface area contributed by atoms with Crippen LogP contribution in [0.1, 0.15) is 21.6 Å². The number of carbonyl (C=O) groups excluding carboxylic acids is 1. The molecule has 0 aliphatic carbocycles. The van der Waals surface area contributed by atoms with Crippen molar-refractivity contribution in [2.24, 2.45) is 0 Å². The number of H-pyrrole nitrogens is 1. The van der Waals surface area contributed by atoms with Gasteiger partial charge in [0.25, 0.3) is 5.91 Å². The second kappa shape index (κ2) is 6.79. The molecule has 1 aliphatic rings. The average molecular weight is 332 g/mol. The van der Waals surface area contributed by atoms with Crippen LogP contribution in [0.4, 0.5) is 5.82 Å². The number of aromatic amines is 1. The Balaban J connectivity index is 1.89. The third kappa shape index (κ3) is 2.88. The molecule has 0 fully saturated rings. The minimum absolute atomic E-state index is 0.297. The number of aromatic nitrogens is 2. The van der Waals surface area contributed by atoms with Crippen LogP contribution in [-0.4, -0.2) is 44.0 Å². The van der Waals surface area contributed by atoms with E-state index in [1.54, 1.807) is 12.1 Å². The zero-order valence-corrected chi connectivity index (χ0v) is 13.9. The summed E-state index contributed by atoms with van der Waals surface area (Å²) in [5.74, 6) is 1.53. The normalized spacial score (nSPS) is 13.1. The number of hydrogen-bond donors (Lipinski definition) is 3. The van der Waals surface area contributed by atoms with Crippen LogP contribution < -0.4 is 24.8 Å². The number of ether oxygens (including phenoxy) is 3. The van der Waals surface area contributed by atoms with Crippen molar-refractivity contribution in [3.05, 3.63) is 29.0 Å². The van der Waals surface area contributed by atoms with E-state index in [1.807, 2.05) is 0 Å². The number of methoxy groups -OCH3 is 3. The Morgan fingerprint density at radius 3 is 2.50 bits per heavy atom. The third-order valence-electron chi connectivity index (χ3n) is 3.97. The number of benzene rings is 1. The Morgan fingerprint density at radius 2 is 1.88 bits per heavy atom. The molecule has 0 spiro atoms. The molecule has 0 radical (unpaired) electrons. The van der Waals surface area contributed by atoms with Crippen LogP contribution in [0.3, 0.4) is 0 Å². The fourth-order valence-electron chi connectivity index (χ4n) is 2.72. The fourth-order valence-corrected chi connectivity index (χ4v) is 2.72. The van der Waals surface area contributed by atoms with Crippen LogP contribution >= 0.6 is 0 Å². The zero-order chi connectivity index (χ0) is 17.1. The van der Waals surface area contributed by atoms with E-state index in [4.69, 9.17) is 14.2 Å². The molecule has 0 bridgehead atoms. The lowest BCUT2D eigenvalue weighted by molar-refractivity contribution is 0.102. The van der Waals surface area contributed by atoms with Gasteiger partial charge in [-0.05, 0) is 12.1 Å². The molecule has 1 aliphatic heterocycles. The van der Waals surface area contributed by atoms with Crippen molar-refractivity contribution >= 4 is 11.7 Å². The van der Waals surface area contributed by atoms with Crippen molar-refractivity contribution in [3.8, 4) is 17.2 Å². The quantitative estimate of drug-likeness (QED) is 0.764. The number of nitrogens with zero attached hydrogens (tertiary/aromatic N) is 1. The van der Waals surface area contributed by atoms with Crippen LogP contribution in [-0.2, 0) is 13.0 Å². The van der Waals surface area contributed by atoms with E-state index in [0.717, 1.165) is 24.2 Å². The minimum atomic E-state index is -0.297. The summed E-state index contributed by atoms with van der Waals surface area (Å²) >= 11 is 0. The highest BCUT2D eigenvalue weighted by molar-refractivity contribution is 6.05. The molecule has 1 aromatic carbocycles. The molecule has 2 aromatic rings. The van der Waals surface area contributed by atoms with Crippen molar-refractivity contribution in [1.82, 2.24) is 15.5 Å². The van der Waals surface area contributed by atoms with Gasteiger partial charge in [0, 0.05) is 36.3 Å². The van der Waals surface area contributed by atoms with E-state index in [2.05, 4.69) is 20.8 Å². The second-order valence-corrected chi connectivity index (χ2v) is 5.32. The molecule has 8 heteroatoms. The van der Waals surface area contributed by atoms with Gasteiger partial charge in [0.05, 0.1) is 21.3 Å². The van der Waals surface area contributed by atoms with Crippen molar-refractivity contribution in [1.29, 1.82) is 0 Å². The van der Waals surface area contributed by atoms with Crippen LogP contribution in [0.5, 0.6) is 17.2 Å². The predicted molar refractivity (Wildman–Crippen MR) is 88.0 cm³/mol. The van der Waals surface area contributed by atoms with Crippen molar-refractivity contribution in [3.63, 3.8) is 0 Å². The third-order valence-corrected chi connectivity index (χ3v) is 3.97. The van der Waals surface area contributed by atoms with Gasteiger partial charge in [-0.25, -0.2) is 0 Å². The first-order valence-corrected chi connectivity index (χ1v) is 7.56. The highest BCUT2D eigenvalue weighted by Crippen LogP contribution is 2.38. The van der Waals surface area contributed by atoms with Gasteiger partial charge in [0.15, 0.2) is 17.3 Å². The van der Waals surface area contributed by atoms with E-state index in [1.165, 1.54) is 21.3 Å². The van der Waals surface area contributed by atoms with Crippen LogP contribution in [0.25, 0.3) is 0 Å². The Hall–Kier alpha value is -2.74. The summed E-state index contributed by atoms with van der Waals surface area (Å²) < 4.78 is 15.8. The first kappa shape index (κ1) is 16.1. The van der Waals surface area contributed by atoms with E-state index in [0.29, 0.717) is 35.2 Å². The molecule has 128 valence electrons. The summed E-state index contributed by atoms with van der Waals surface area (Å²) in [5, 5.41) is 13.3. The van der Waals surface area contributed by atoms with Gasteiger partial charge in [0.2, 0.25) is 5.75 Å². The lowest BCUT2D eigenvalue weighted by Gasteiger charge is -2.15. The van der Waals surface area contributed by atoms with Gasteiger partial charge in [-0.3, -0.25) is 9.89 Å². The van der Waals surface area contributed by atoms with Gasteiger partial charge in [0.1, 0.15) is 0 Å². The molecular formula is C16H20N4O4. The first-order valence-electron chi connectivity index (χ1n) is 7.56. The van der Waals surface area contributed by atoms with Gasteiger partial charge < -0.3 is 24.8 Å². The summed E-state index contributed by atoms with van der Waals surface area (Å²) in [6, 6.07) is 3.21. The molecule has 0 saturated heterocycles. The van der Waals surface area contributed by atoms with E-state index >= 15 is 0 Å². The maximum Gasteiger partial charge on any atom is 0.257 e. The van der Waals surface area contributed by atoms with Crippen LogP contribution in [0, 0.1) is 0 Å². The number of fused-ring (bicyclic) bond motifs is 1. The number of carbonyl (C=O) groups is 1. The number of nitrogens with one attached hydrogen (secondary N) is 3. The average Bonchev–Trinajstić information content (AvgIpc) is 3.03. The maximum atomic E-state index is 12.6. The lowest BCUT2D eigenvalue weighted by atomic mass is 10.1. The molecule has 0 saturated carbocycles. The minimum Gasteiger partial charge on any atom is -0.493 e. The molecule has 3 N–H and O–H groups in total. The molecule has 1 amide bonds. The van der Waals surface area contributed by atoms with E-state index < -0.39 is 0 Å². The van der Waals surface area contributed by atoms with E-state index in [9.17, 15) is 4.79 Å². The summed E-state index contributed by atoms with van der Waals surface area (Å²) in [6.45, 7) is 1.58. The van der Waals surface area contributed by atoms with Crippen LogP contribution in [0.15, 0.2) is 12.1 Å². The first-order chi connectivity index (χ1) is 11.7. The SMILES string of the molecule is COc1cc(C(=O)Nc2n[nH]c3c2CNCC3)cc(OC)c1OC. The van der Waals surface area contributed by atoms with Gasteiger partial charge in [-0.2, -0.15) is 5.10 Å². The summed E-state index contributed by atoms with van der Waals surface area (Å²) in [6.07, 6.45) is 0.863. The summed E-state index contributed by atoms with van der Waals surface area (Å²) in [4.78, 5) is 12.6. The number of anilines is 1. The maximum absolute atomic E-state index is 12.6. The Morgan fingerprint density at radius 1 is 1.17 bits per heavy atom. The topological polar surface area (TPSA) is 97.5 Å². The van der Waals surface area contributed by atoms with Crippen molar-refractivity contribution in [2.75, 3.05) is 33.2 Å².